The molecule has 1 saturated heterocycles. The molecule has 5 heteroatoms. The van der Waals surface area contributed by atoms with Crippen molar-refractivity contribution in [1.82, 2.24) is 9.55 Å². The van der Waals surface area contributed by atoms with Gasteiger partial charge in [-0.05, 0) is 25.0 Å². The van der Waals surface area contributed by atoms with E-state index in [1.807, 2.05) is 18.2 Å². The van der Waals surface area contributed by atoms with Crippen LogP contribution < -0.4 is 0 Å². The van der Waals surface area contributed by atoms with Gasteiger partial charge in [-0.15, -0.1) is 11.6 Å². The Morgan fingerprint density at radius 1 is 1.32 bits per heavy atom. The van der Waals surface area contributed by atoms with E-state index in [0.717, 1.165) is 42.1 Å². The fourth-order valence-electron chi connectivity index (χ4n) is 2.80. The van der Waals surface area contributed by atoms with Crippen molar-refractivity contribution in [3.8, 4) is 0 Å². The summed E-state index contributed by atoms with van der Waals surface area (Å²) in [6, 6.07) is 8.64. The van der Waals surface area contributed by atoms with Crippen molar-refractivity contribution in [3.05, 3.63) is 30.1 Å². The maximum atomic E-state index is 11.5. The normalized spacial score (nSPS) is 23.8. The second kappa shape index (κ2) is 5.63. The largest absolute Gasteiger partial charge is 0.325 e. The molecule has 2 heterocycles. The summed E-state index contributed by atoms with van der Waals surface area (Å²) in [5.41, 5.74) is 2.22. The van der Waals surface area contributed by atoms with Crippen LogP contribution in [0.15, 0.2) is 24.3 Å². The fourth-order valence-corrected chi connectivity index (χ4v) is 4.25. The van der Waals surface area contributed by atoms with E-state index in [0.29, 0.717) is 11.9 Å². The van der Waals surface area contributed by atoms with Gasteiger partial charge in [-0.25, -0.2) is 4.98 Å². The van der Waals surface area contributed by atoms with E-state index in [1.54, 1.807) is 0 Å². The van der Waals surface area contributed by atoms with Crippen molar-refractivity contribution < 1.29 is 4.21 Å². The van der Waals surface area contributed by atoms with Crippen molar-refractivity contribution in [3.63, 3.8) is 0 Å². The predicted molar refractivity (Wildman–Crippen MR) is 80.3 cm³/mol. The van der Waals surface area contributed by atoms with Crippen LogP contribution in [0.25, 0.3) is 11.0 Å². The molecule has 0 unspecified atom stereocenters. The number of rotatable bonds is 3. The van der Waals surface area contributed by atoms with Crippen molar-refractivity contribution >= 4 is 33.4 Å². The Morgan fingerprint density at radius 2 is 2.05 bits per heavy atom. The Labute approximate surface area is 120 Å². The minimum absolute atomic E-state index is 0.420. The average Bonchev–Trinajstić information content (AvgIpc) is 2.78. The lowest BCUT2D eigenvalue weighted by molar-refractivity contribution is 0.459. The molecule has 1 fully saturated rings. The van der Waals surface area contributed by atoms with E-state index in [1.165, 1.54) is 5.52 Å². The molecule has 1 aliphatic rings. The van der Waals surface area contributed by atoms with E-state index in [4.69, 9.17) is 16.6 Å². The first-order valence-electron chi connectivity index (χ1n) is 6.66. The van der Waals surface area contributed by atoms with Crippen LogP contribution in [0.5, 0.6) is 0 Å². The van der Waals surface area contributed by atoms with Crippen molar-refractivity contribution in [1.29, 1.82) is 0 Å². The third kappa shape index (κ3) is 2.56. The second-order valence-corrected chi connectivity index (χ2v) is 6.98. The molecule has 0 amide bonds. The highest BCUT2D eigenvalue weighted by Crippen LogP contribution is 2.29. The van der Waals surface area contributed by atoms with Crippen LogP contribution in [0, 0.1) is 0 Å². The fraction of sp³-hybridized carbons (Fsp3) is 0.500. The van der Waals surface area contributed by atoms with Crippen molar-refractivity contribution in [2.75, 3.05) is 17.4 Å². The van der Waals surface area contributed by atoms with E-state index < -0.39 is 10.8 Å². The van der Waals surface area contributed by atoms with E-state index >= 15 is 0 Å². The Hall–Kier alpha value is -0.870. The van der Waals surface area contributed by atoms with E-state index in [-0.39, 0.29) is 0 Å². The quantitative estimate of drug-likeness (QED) is 0.816. The van der Waals surface area contributed by atoms with Crippen LogP contribution >= 0.6 is 11.6 Å². The average molecular weight is 297 g/mol. The van der Waals surface area contributed by atoms with Gasteiger partial charge in [0.15, 0.2) is 0 Å². The minimum Gasteiger partial charge on any atom is -0.325 e. The molecule has 0 aliphatic carbocycles. The molecule has 102 valence electrons. The molecule has 0 atom stereocenters. The maximum absolute atomic E-state index is 11.5. The molecule has 2 aromatic rings. The zero-order valence-electron chi connectivity index (χ0n) is 10.7. The molecule has 3 nitrogen and oxygen atoms in total. The first-order valence-corrected chi connectivity index (χ1v) is 8.68. The summed E-state index contributed by atoms with van der Waals surface area (Å²) in [5, 5.41) is 0. The monoisotopic (exact) mass is 296 g/mol. The van der Waals surface area contributed by atoms with Crippen LogP contribution in [0.4, 0.5) is 0 Å². The Balaban J connectivity index is 2.04. The zero-order chi connectivity index (χ0) is 13.2. The number of hydrogen-bond donors (Lipinski definition) is 0. The third-order valence-corrected chi connectivity index (χ3v) is 5.28. The topological polar surface area (TPSA) is 34.9 Å². The highest BCUT2D eigenvalue weighted by Gasteiger charge is 2.23. The maximum Gasteiger partial charge on any atom is 0.111 e. The van der Waals surface area contributed by atoms with Crippen LogP contribution in [-0.4, -0.2) is 31.1 Å². The molecule has 0 radical (unpaired) electrons. The van der Waals surface area contributed by atoms with Gasteiger partial charge in [0.1, 0.15) is 5.82 Å². The number of benzene rings is 1. The van der Waals surface area contributed by atoms with Gasteiger partial charge < -0.3 is 4.57 Å². The summed E-state index contributed by atoms with van der Waals surface area (Å²) < 4.78 is 13.8. The molecular formula is C14H17ClN2OS. The Bertz CT molecular complexity index is 601. The second-order valence-electron chi connectivity index (χ2n) is 4.90. The van der Waals surface area contributed by atoms with Gasteiger partial charge in [0, 0.05) is 40.6 Å². The Morgan fingerprint density at radius 3 is 2.79 bits per heavy atom. The molecule has 3 rings (SSSR count). The molecule has 1 aliphatic heterocycles. The third-order valence-electron chi connectivity index (χ3n) is 3.71. The molecule has 0 N–H and O–H groups in total. The van der Waals surface area contributed by atoms with E-state index in [2.05, 4.69) is 10.6 Å². The molecule has 0 bridgehead atoms. The van der Waals surface area contributed by atoms with Crippen molar-refractivity contribution in [2.45, 2.75) is 25.3 Å². The number of halogens is 1. The number of imidazole rings is 1. The predicted octanol–water partition coefficient (Wildman–Crippen LogP) is 2.90. The molecule has 1 aromatic carbocycles. The van der Waals surface area contributed by atoms with Gasteiger partial charge in [0.2, 0.25) is 0 Å². The summed E-state index contributed by atoms with van der Waals surface area (Å²) in [6.45, 7) is 0. The summed E-state index contributed by atoms with van der Waals surface area (Å²) in [4.78, 5) is 4.70. The highest BCUT2D eigenvalue weighted by molar-refractivity contribution is 7.85. The number of fused-ring (bicyclic) bond motifs is 1. The molecule has 0 saturated carbocycles. The molecule has 0 spiro atoms. The number of hydrogen-bond acceptors (Lipinski definition) is 2. The van der Waals surface area contributed by atoms with Crippen molar-refractivity contribution in [2.24, 2.45) is 0 Å². The summed E-state index contributed by atoms with van der Waals surface area (Å²) >= 11 is 5.90. The lowest BCUT2D eigenvalue weighted by atomic mass is 10.1. The highest BCUT2D eigenvalue weighted by atomic mass is 35.5. The van der Waals surface area contributed by atoms with Gasteiger partial charge in [-0.1, -0.05) is 12.1 Å². The lowest BCUT2D eigenvalue weighted by Gasteiger charge is -2.25. The van der Waals surface area contributed by atoms with Gasteiger partial charge in [-0.3, -0.25) is 4.21 Å². The number of aryl methyl sites for hydroxylation is 1. The van der Waals surface area contributed by atoms with Crippen LogP contribution in [-0.2, 0) is 17.2 Å². The number of aromatic nitrogens is 2. The number of para-hydroxylation sites is 2. The van der Waals surface area contributed by atoms with Gasteiger partial charge in [0.25, 0.3) is 0 Å². The van der Waals surface area contributed by atoms with Crippen LogP contribution in [0.3, 0.4) is 0 Å². The summed E-state index contributed by atoms with van der Waals surface area (Å²) in [6.07, 6.45) is 2.74. The van der Waals surface area contributed by atoms with Gasteiger partial charge in [-0.2, -0.15) is 0 Å². The van der Waals surface area contributed by atoms with Gasteiger partial charge in [0.05, 0.1) is 11.0 Å². The smallest absolute Gasteiger partial charge is 0.111 e. The Kier molecular flexibility index (Phi) is 3.89. The van der Waals surface area contributed by atoms with E-state index in [9.17, 15) is 4.21 Å². The zero-order valence-corrected chi connectivity index (χ0v) is 12.3. The summed E-state index contributed by atoms with van der Waals surface area (Å²) in [7, 11) is -0.626. The lowest BCUT2D eigenvalue weighted by Crippen LogP contribution is -2.23. The molecule has 19 heavy (non-hydrogen) atoms. The minimum atomic E-state index is -0.626. The first kappa shape index (κ1) is 13.1. The standard InChI is InChI=1S/C14H17ClN2OS/c15-8-5-14-16-12-3-1-2-4-13(12)17(14)11-6-9-19(18)10-7-11/h1-4,11H,5-10H2. The molecular weight excluding hydrogens is 280 g/mol. The van der Waals surface area contributed by atoms with Crippen LogP contribution in [0.2, 0.25) is 0 Å². The van der Waals surface area contributed by atoms with Gasteiger partial charge >= 0.3 is 0 Å². The number of nitrogens with zero attached hydrogens (tertiary/aromatic N) is 2. The molecule has 1 aromatic heterocycles. The summed E-state index contributed by atoms with van der Waals surface area (Å²) in [5.74, 6) is 3.26. The first-order chi connectivity index (χ1) is 9.29. The number of alkyl halides is 1. The van der Waals surface area contributed by atoms with Crippen LogP contribution in [0.1, 0.15) is 24.7 Å². The SMILES string of the molecule is O=S1CCC(n2c(CCCl)nc3ccccc32)CC1.